The van der Waals surface area contributed by atoms with E-state index in [-0.39, 0.29) is 23.1 Å². The predicted molar refractivity (Wildman–Crippen MR) is 91.1 cm³/mol. The van der Waals surface area contributed by atoms with Gasteiger partial charge in [0.1, 0.15) is 11.5 Å². The van der Waals surface area contributed by atoms with E-state index in [9.17, 15) is 18.0 Å². The van der Waals surface area contributed by atoms with Crippen molar-refractivity contribution in [3.8, 4) is 0 Å². The topological polar surface area (TPSA) is 58.1 Å². The van der Waals surface area contributed by atoms with Crippen LogP contribution < -0.4 is 5.32 Å². The second-order valence-electron chi connectivity index (χ2n) is 6.49. The molecular weight excluding hydrogens is 345 g/mol. The van der Waals surface area contributed by atoms with Crippen LogP contribution in [0.4, 0.5) is 24.7 Å². The molecule has 1 aliphatic rings. The number of halogens is 3. The van der Waals surface area contributed by atoms with Crippen molar-refractivity contribution in [3.05, 3.63) is 47.9 Å². The van der Waals surface area contributed by atoms with Crippen LogP contribution in [0.2, 0.25) is 0 Å². The fourth-order valence-electron chi connectivity index (χ4n) is 2.96. The number of likely N-dealkylation sites (tertiary alicyclic amines) is 1. The zero-order valence-corrected chi connectivity index (χ0v) is 14.3. The van der Waals surface area contributed by atoms with Gasteiger partial charge < -0.3 is 10.2 Å². The first-order valence-electron chi connectivity index (χ1n) is 8.38. The maximum absolute atomic E-state index is 12.8. The lowest BCUT2D eigenvalue weighted by atomic mass is 10.0. The zero-order chi connectivity index (χ0) is 18.7. The lowest BCUT2D eigenvalue weighted by Gasteiger charge is -2.30. The number of rotatable bonds is 3. The van der Waals surface area contributed by atoms with E-state index in [2.05, 4.69) is 22.2 Å². The normalized spacial score (nSPS) is 17.8. The highest BCUT2D eigenvalue weighted by Crippen LogP contribution is 2.31. The zero-order valence-electron chi connectivity index (χ0n) is 14.3. The molecular formula is C18H19F3N4O. The van der Waals surface area contributed by atoms with Crippen LogP contribution in [0.3, 0.4) is 0 Å². The summed E-state index contributed by atoms with van der Waals surface area (Å²) < 4.78 is 38.3. The molecule has 1 saturated heterocycles. The fraction of sp³-hybridized carbons (Fsp3) is 0.389. The molecule has 1 amide bonds. The van der Waals surface area contributed by atoms with Gasteiger partial charge in [-0.25, -0.2) is 9.97 Å². The van der Waals surface area contributed by atoms with Crippen LogP contribution in [0.15, 0.2) is 36.7 Å². The number of aromatic nitrogens is 2. The Kier molecular flexibility index (Phi) is 5.11. The van der Waals surface area contributed by atoms with Crippen molar-refractivity contribution in [3.63, 3.8) is 0 Å². The Morgan fingerprint density at radius 3 is 2.73 bits per heavy atom. The molecule has 1 unspecified atom stereocenters. The average molecular weight is 364 g/mol. The quantitative estimate of drug-likeness (QED) is 0.890. The maximum Gasteiger partial charge on any atom is 0.416 e. The lowest BCUT2D eigenvalue weighted by molar-refractivity contribution is -0.137. The Morgan fingerprint density at radius 2 is 2.08 bits per heavy atom. The third kappa shape index (κ3) is 4.30. The number of carbonyl (C=O) groups is 1. The highest BCUT2D eigenvalue weighted by Gasteiger charge is 2.30. The molecule has 1 N–H and O–H groups in total. The van der Waals surface area contributed by atoms with Crippen LogP contribution in [-0.2, 0) is 6.18 Å². The molecule has 0 spiro atoms. The van der Waals surface area contributed by atoms with Gasteiger partial charge in [0.25, 0.3) is 5.91 Å². The molecule has 0 saturated carbocycles. The molecule has 3 rings (SSSR count). The molecule has 0 radical (unpaired) electrons. The van der Waals surface area contributed by atoms with Gasteiger partial charge in [-0.05, 0) is 37.0 Å². The number of hydrogen-bond donors (Lipinski definition) is 1. The van der Waals surface area contributed by atoms with Crippen LogP contribution >= 0.6 is 0 Å². The molecule has 8 heteroatoms. The van der Waals surface area contributed by atoms with E-state index in [0.717, 1.165) is 25.0 Å². The number of nitrogens with one attached hydrogen (secondary N) is 1. The van der Waals surface area contributed by atoms with E-state index < -0.39 is 11.7 Å². The first-order chi connectivity index (χ1) is 12.3. The summed E-state index contributed by atoms with van der Waals surface area (Å²) in [6.07, 6.45) is 0.356. The molecule has 138 valence electrons. The smallest absolute Gasteiger partial charge is 0.339 e. The van der Waals surface area contributed by atoms with Crippen molar-refractivity contribution in [2.45, 2.75) is 25.9 Å². The fourth-order valence-corrected chi connectivity index (χ4v) is 2.96. The van der Waals surface area contributed by atoms with Gasteiger partial charge in [0.2, 0.25) is 0 Å². The van der Waals surface area contributed by atoms with Gasteiger partial charge in [-0.3, -0.25) is 4.79 Å². The van der Waals surface area contributed by atoms with Crippen molar-refractivity contribution >= 4 is 17.4 Å². The minimum absolute atomic E-state index is 0.172. The summed E-state index contributed by atoms with van der Waals surface area (Å²) in [6.45, 7) is 3.51. The van der Waals surface area contributed by atoms with Crippen LogP contribution in [0.1, 0.15) is 35.8 Å². The average Bonchev–Trinajstić information content (AvgIpc) is 2.61. The number of amides is 1. The van der Waals surface area contributed by atoms with Crippen molar-refractivity contribution in [1.29, 1.82) is 0 Å². The minimum atomic E-state index is -4.41. The van der Waals surface area contributed by atoms with Crippen LogP contribution in [-0.4, -0.2) is 33.9 Å². The Balaban J connectivity index is 1.69. The summed E-state index contributed by atoms with van der Waals surface area (Å²) in [7, 11) is 0. The van der Waals surface area contributed by atoms with Gasteiger partial charge >= 0.3 is 6.18 Å². The first kappa shape index (κ1) is 18.2. The number of anilines is 2. The van der Waals surface area contributed by atoms with Gasteiger partial charge in [-0.2, -0.15) is 13.2 Å². The van der Waals surface area contributed by atoms with Gasteiger partial charge in [-0.15, -0.1) is 0 Å². The summed E-state index contributed by atoms with van der Waals surface area (Å²) >= 11 is 0. The van der Waals surface area contributed by atoms with E-state index in [4.69, 9.17) is 0 Å². The molecule has 5 nitrogen and oxygen atoms in total. The summed E-state index contributed by atoms with van der Waals surface area (Å²) in [5.74, 6) is 0.560. The second-order valence-corrected chi connectivity index (χ2v) is 6.49. The summed E-state index contributed by atoms with van der Waals surface area (Å²) in [4.78, 5) is 22.4. The molecule has 0 aliphatic carbocycles. The molecule has 1 aromatic heterocycles. The van der Waals surface area contributed by atoms with Crippen LogP contribution in [0.5, 0.6) is 0 Å². The third-order valence-corrected chi connectivity index (χ3v) is 4.28. The van der Waals surface area contributed by atoms with Crippen LogP contribution in [0, 0.1) is 5.92 Å². The number of nitrogens with zero attached hydrogens (tertiary/aromatic N) is 3. The molecule has 0 bridgehead atoms. The van der Waals surface area contributed by atoms with E-state index >= 15 is 0 Å². The highest BCUT2D eigenvalue weighted by molar-refractivity contribution is 5.92. The van der Waals surface area contributed by atoms with E-state index in [1.165, 1.54) is 24.5 Å². The molecule has 1 atom stereocenters. The number of piperidine rings is 1. The Labute approximate surface area is 149 Å². The minimum Gasteiger partial charge on any atom is -0.339 e. The van der Waals surface area contributed by atoms with E-state index in [0.29, 0.717) is 19.0 Å². The predicted octanol–water partition coefficient (Wildman–Crippen LogP) is 4.11. The number of carbonyl (C=O) groups excluding carboxylic acids is 1. The molecule has 26 heavy (non-hydrogen) atoms. The van der Waals surface area contributed by atoms with Crippen molar-refractivity contribution in [1.82, 2.24) is 14.9 Å². The van der Waals surface area contributed by atoms with Gasteiger partial charge in [-0.1, -0.05) is 13.0 Å². The van der Waals surface area contributed by atoms with E-state index in [1.54, 1.807) is 4.90 Å². The Hall–Kier alpha value is -2.64. The van der Waals surface area contributed by atoms with Crippen LogP contribution in [0.25, 0.3) is 0 Å². The maximum atomic E-state index is 12.8. The number of alkyl halides is 3. The standard InChI is InChI=1S/C18H19F3N4O/c1-12-4-3-7-25(11-12)17(26)15-9-23-16(10-22-15)24-14-6-2-5-13(8-14)18(19,20)21/h2,5-6,8-10,12H,3-4,7,11H2,1H3,(H,23,24). The summed E-state index contributed by atoms with van der Waals surface area (Å²) in [6, 6.07) is 4.81. The van der Waals surface area contributed by atoms with E-state index in [1.807, 2.05) is 0 Å². The molecule has 1 aromatic carbocycles. The largest absolute Gasteiger partial charge is 0.416 e. The number of benzene rings is 1. The summed E-state index contributed by atoms with van der Waals surface area (Å²) in [5.41, 5.74) is -0.270. The Morgan fingerprint density at radius 1 is 1.27 bits per heavy atom. The second kappa shape index (κ2) is 7.31. The molecule has 2 heterocycles. The van der Waals surface area contributed by atoms with Crippen molar-refractivity contribution < 1.29 is 18.0 Å². The molecule has 2 aromatic rings. The first-order valence-corrected chi connectivity index (χ1v) is 8.38. The monoisotopic (exact) mass is 364 g/mol. The van der Waals surface area contributed by atoms with Gasteiger partial charge in [0.15, 0.2) is 0 Å². The lowest BCUT2D eigenvalue weighted by Crippen LogP contribution is -2.39. The molecule has 1 aliphatic heterocycles. The van der Waals surface area contributed by atoms with Crippen molar-refractivity contribution in [2.24, 2.45) is 5.92 Å². The van der Waals surface area contributed by atoms with Gasteiger partial charge in [0.05, 0.1) is 18.0 Å². The number of hydrogen-bond acceptors (Lipinski definition) is 4. The van der Waals surface area contributed by atoms with Gasteiger partial charge in [0, 0.05) is 18.8 Å². The summed E-state index contributed by atoms with van der Waals surface area (Å²) in [5, 5.41) is 2.77. The SMILES string of the molecule is CC1CCCN(C(=O)c2cnc(Nc3cccc(C(F)(F)F)c3)cn2)C1. The highest BCUT2D eigenvalue weighted by atomic mass is 19.4. The Bertz CT molecular complexity index is 777. The van der Waals surface area contributed by atoms with Crippen molar-refractivity contribution in [2.75, 3.05) is 18.4 Å². The molecule has 1 fully saturated rings. The third-order valence-electron chi connectivity index (χ3n) is 4.28.